The molecule has 3 N–H and O–H groups in total. The highest BCUT2D eigenvalue weighted by Gasteiger charge is 2.29. The molecule has 0 saturated carbocycles. The lowest BCUT2D eigenvalue weighted by Crippen LogP contribution is -2.41. The zero-order valence-corrected chi connectivity index (χ0v) is 12.2. The molecule has 1 aliphatic rings. The topological polar surface area (TPSA) is 87.3 Å². The highest BCUT2D eigenvalue weighted by molar-refractivity contribution is 6.04. The molecule has 1 fully saturated rings. The molecule has 1 unspecified atom stereocenters. The molecule has 116 valence electrons. The summed E-state index contributed by atoms with van der Waals surface area (Å²) in [5, 5.41) is 7.18. The first-order chi connectivity index (χ1) is 11.1. The van der Waals surface area contributed by atoms with Crippen LogP contribution in [0.3, 0.4) is 0 Å². The first-order valence-electron chi connectivity index (χ1n) is 7.18. The van der Waals surface area contributed by atoms with Crippen LogP contribution in [-0.2, 0) is 4.79 Å². The van der Waals surface area contributed by atoms with Gasteiger partial charge in [-0.2, -0.15) is 0 Å². The first kappa shape index (κ1) is 14.8. The van der Waals surface area contributed by atoms with Crippen LogP contribution in [0.15, 0.2) is 54.6 Å². The molecule has 23 heavy (non-hydrogen) atoms. The van der Waals surface area contributed by atoms with Crippen molar-refractivity contribution in [2.75, 3.05) is 6.54 Å². The van der Waals surface area contributed by atoms with Gasteiger partial charge in [0.05, 0.1) is 0 Å². The molecule has 0 aliphatic carbocycles. The van der Waals surface area contributed by atoms with Gasteiger partial charge in [0.2, 0.25) is 0 Å². The number of amides is 4. The Labute approximate surface area is 132 Å². The van der Waals surface area contributed by atoms with Crippen LogP contribution >= 0.6 is 0 Å². The molecule has 6 nitrogen and oxygen atoms in total. The third kappa shape index (κ3) is 3.37. The summed E-state index contributed by atoms with van der Waals surface area (Å²) in [5.74, 6) is -0.728. The molecule has 0 bridgehead atoms. The fraction of sp³-hybridized carbons (Fsp3) is 0.118. The van der Waals surface area contributed by atoms with Crippen molar-refractivity contribution < 1.29 is 14.4 Å². The van der Waals surface area contributed by atoms with E-state index in [1.807, 2.05) is 42.5 Å². The summed E-state index contributed by atoms with van der Waals surface area (Å²) in [4.78, 5) is 34.5. The second kappa shape index (κ2) is 6.31. The number of carbonyl (C=O) groups is 3. The van der Waals surface area contributed by atoms with Crippen LogP contribution in [0.25, 0.3) is 11.1 Å². The molecule has 2 aromatic carbocycles. The Bertz CT molecular complexity index is 741. The van der Waals surface area contributed by atoms with E-state index in [1.54, 1.807) is 12.1 Å². The predicted octanol–water partition coefficient (Wildman–Crippen LogP) is 1.29. The Morgan fingerprint density at radius 3 is 2.22 bits per heavy atom. The van der Waals surface area contributed by atoms with Gasteiger partial charge in [-0.25, -0.2) is 4.79 Å². The monoisotopic (exact) mass is 309 g/mol. The quantitative estimate of drug-likeness (QED) is 0.744. The zero-order valence-electron chi connectivity index (χ0n) is 12.2. The van der Waals surface area contributed by atoms with Gasteiger partial charge in [0, 0.05) is 12.1 Å². The average molecular weight is 309 g/mol. The number of hydrogen-bond acceptors (Lipinski definition) is 3. The number of urea groups is 1. The molecule has 3 rings (SSSR count). The van der Waals surface area contributed by atoms with Gasteiger partial charge in [-0.05, 0) is 23.3 Å². The molecular formula is C17H15N3O3. The highest BCUT2D eigenvalue weighted by Crippen LogP contribution is 2.19. The maximum absolute atomic E-state index is 12.1. The van der Waals surface area contributed by atoms with Crippen molar-refractivity contribution in [3.63, 3.8) is 0 Å². The lowest BCUT2D eigenvalue weighted by molar-refractivity contribution is -0.120. The Balaban J connectivity index is 1.62. The summed E-state index contributed by atoms with van der Waals surface area (Å²) < 4.78 is 0. The Hall–Kier alpha value is -3.15. The molecule has 2 aromatic rings. The summed E-state index contributed by atoms with van der Waals surface area (Å²) in [5.41, 5.74) is 2.59. The van der Waals surface area contributed by atoms with Crippen molar-refractivity contribution in [3.8, 4) is 11.1 Å². The average Bonchev–Trinajstić information content (AvgIpc) is 2.91. The van der Waals surface area contributed by atoms with Crippen molar-refractivity contribution in [1.29, 1.82) is 0 Å². The summed E-state index contributed by atoms with van der Waals surface area (Å²) >= 11 is 0. The minimum absolute atomic E-state index is 0.0524. The van der Waals surface area contributed by atoms with E-state index in [-0.39, 0.29) is 12.5 Å². The third-order valence-electron chi connectivity index (χ3n) is 3.58. The standard InChI is InChI=1S/C17H15N3O3/c21-15(18-10-14-16(22)20-17(23)19-14)13-8-6-12(7-9-13)11-4-2-1-3-5-11/h1-9,14H,10H2,(H,18,21)(H2,19,20,22,23). The van der Waals surface area contributed by atoms with Crippen LogP contribution in [0.4, 0.5) is 4.79 Å². The largest absolute Gasteiger partial charge is 0.349 e. The normalized spacial score (nSPS) is 16.6. The van der Waals surface area contributed by atoms with E-state index in [4.69, 9.17) is 0 Å². The van der Waals surface area contributed by atoms with Crippen molar-refractivity contribution in [3.05, 3.63) is 60.2 Å². The zero-order chi connectivity index (χ0) is 16.2. The smallest absolute Gasteiger partial charge is 0.322 e. The molecule has 4 amide bonds. The summed E-state index contributed by atoms with van der Waals surface area (Å²) in [6.07, 6.45) is 0. The molecule has 1 atom stereocenters. The van der Waals surface area contributed by atoms with E-state index in [1.165, 1.54) is 0 Å². The van der Waals surface area contributed by atoms with E-state index in [0.29, 0.717) is 5.56 Å². The van der Waals surface area contributed by atoms with Crippen LogP contribution in [0, 0.1) is 0 Å². The minimum atomic E-state index is -0.727. The molecule has 0 radical (unpaired) electrons. The number of hydrogen-bond donors (Lipinski definition) is 3. The number of carbonyl (C=O) groups excluding carboxylic acids is 3. The van der Waals surface area contributed by atoms with Gasteiger partial charge < -0.3 is 10.6 Å². The van der Waals surface area contributed by atoms with E-state index in [0.717, 1.165) is 11.1 Å². The second-order valence-electron chi connectivity index (χ2n) is 5.17. The predicted molar refractivity (Wildman–Crippen MR) is 84.7 cm³/mol. The minimum Gasteiger partial charge on any atom is -0.349 e. The van der Waals surface area contributed by atoms with Gasteiger partial charge in [0.1, 0.15) is 6.04 Å². The van der Waals surface area contributed by atoms with Crippen LogP contribution in [-0.4, -0.2) is 30.4 Å². The molecule has 1 aliphatic heterocycles. The highest BCUT2D eigenvalue weighted by atomic mass is 16.2. The fourth-order valence-electron chi connectivity index (χ4n) is 2.34. The summed E-state index contributed by atoms with van der Waals surface area (Å²) in [6.45, 7) is 0.0524. The van der Waals surface area contributed by atoms with Crippen molar-refractivity contribution in [2.45, 2.75) is 6.04 Å². The molecule has 0 aromatic heterocycles. The maximum atomic E-state index is 12.1. The summed E-state index contributed by atoms with van der Waals surface area (Å²) in [6, 6.07) is 15.8. The van der Waals surface area contributed by atoms with Gasteiger partial charge in [-0.1, -0.05) is 42.5 Å². The molecule has 0 spiro atoms. The van der Waals surface area contributed by atoms with Gasteiger partial charge >= 0.3 is 6.03 Å². The van der Waals surface area contributed by atoms with E-state index in [9.17, 15) is 14.4 Å². The molecule has 1 saturated heterocycles. The molecule has 1 heterocycles. The van der Waals surface area contributed by atoms with Crippen LogP contribution < -0.4 is 16.0 Å². The Kier molecular flexibility index (Phi) is 4.05. The van der Waals surface area contributed by atoms with Crippen LogP contribution in [0.2, 0.25) is 0 Å². The number of imide groups is 1. The van der Waals surface area contributed by atoms with Gasteiger partial charge in [0.15, 0.2) is 0 Å². The molecule has 6 heteroatoms. The third-order valence-corrected chi connectivity index (χ3v) is 3.58. The SMILES string of the molecule is O=C1NC(=O)C(CNC(=O)c2ccc(-c3ccccc3)cc2)N1. The van der Waals surface area contributed by atoms with Crippen molar-refractivity contribution >= 4 is 17.8 Å². The molecular weight excluding hydrogens is 294 g/mol. The first-order valence-corrected chi connectivity index (χ1v) is 7.18. The van der Waals surface area contributed by atoms with E-state index in [2.05, 4.69) is 16.0 Å². The van der Waals surface area contributed by atoms with E-state index >= 15 is 0 Å². The van der Waals surface area contributed by atoms with Crippen LogP contribution in [0.1, 0.15) is 10.4 Å². The van der Waals surface area contributed by atoms with E-state index < -0.39 is 18.0 Å². The Morgan fingerprint density at radius 2 is 1.61 bits per heavy atom. The summed E-state index contributed by atoms with van der Waals surface area (Å²) in [7, 11) is 0. The van der Waals surface area contributed by atoms with Gasteiger partial charge in [0.25, 0.3) is 11.8 Å². The maximum Gasteiger partial charge on any atom is 0.322 e. The number of benzene rings is 2. The van der Waals surface area contributed by atoms with Crippen molar-refractivity contribution in [1.82, 2.24) is 16.0 Å². The van der Waals surface area contributed by atoms with Gasteiger partial charge in [-0.3, -0.25) is 14.9 Å². The van der Waals surface area contributed by atoms with Crippen molar-refractivity contribution in [2.24, 2.45) is 0 Å². The number of rotatable bonds is 4. The van der Waals surface area contributed by atoms with Crippen LogP contribution in [0.5, 0.6) is 0 Å². The lowest BCUT2D eigenvalue weighted by Gasteiger charge is -2.09. The van der Waals surface area contributed by atoms with Gasteiger partial charge in [-0.15, -0.1) is 0 Å². The second-order valence-corrected chi connectivity index (χ2v) is 5.17. The number of nitrogens with one attached hydrogen (secondary N) is 3. The fourth-order valence-corrected chi connectivity index (χ4v) is 2.34. The Morgan fingerprint density at radius 1 is 0.957 bits per heavy atom. The lowest BCUT2D eigenvalue weighted by atomic mass is 10.0.